The summed E-state index contributed by atoms with van der Waals surface area (Å²) in [5.74, 6) is 0. The van der Waals surface area contributed by atoms with Crippen molar-refractivity contribution in [3.8, 4) is 44.5 Å². The Morgan fingerprint density at radius 1 is 0.204 bits per heavy atom. The molecule has 0 amide bonds. The highest BCUT2D eigenvalue weighted by atomic mass is 15.2. The van der Waals surface area contributed by atoms with E-state index in [4.69, 9.17) is 0 Å². The van der Waals surface area contributed by atoms with E-state index in [1.807, 2.05) is 0 Å². The zero-order valence-electron chi connectivity index (χ0n) is 59.9. The van der Waals surface area contributed by atoms with Crippen molar-refractivity contribution in [2.24, 2.45) is 0 Å². The molecule has 22 rings (SSSR count). The van der Waals surface area contributed by atoms with E-state index in [0.29, 0.717) is 0 Å². The molecule has 4 aliphatic rings. The summed E-state index contributed by atoms with van der Waals surface area (Å²) in [6.45, 7) is 4.71. The average Bonchev–Trinajstić information content (AvgIpc) is 1.51. The Balaban J connectivity index is 0.000000140. The van der Waals surface area contributed by atoms with Crippen LogP contribution in [0, 0.1) is 0 Å². The first-order valence-corrected chi connectivity index (χ1v) is 37.5. The molecular formula is C104H72N4. The zero-order valence-corrected chi connectivity index (χ0v) is 59.9. The van der Waals surface area contributed by atoms with Gasteiger partial charge in [-0.05, 0) is 220 Å². The van der Waals surface area contributed by atoms with Gasteiger partial charge >= 0.3 is 0 Å². The molecule has 18 aromatic carbocycles. The van der Waals surface area contributed by atoms with E-state index in [1.54, 1.807) is 0 Å². The topological polar surface area (TPSA) is 13.0 Å². The van der Waals surface area contributed by atoms with Gasteiger partial charge in [-0.15, -0.1) is 0 Å². The lowest BCUT2D eigenvalue weighted by atomic mass is 9.67. The molecule has 0 aromatic heterocycles. The smallest absolute Gasteiger partial charge is 0.0714 e. The predicted octanol–water partition coefficient (Wildman–Crippen LogP) is 28.5. The minimum absolute atomic E-state index is 0.0835. The van der Waals surface area contributed by atoms with E-state index in [-0.39, 0.29) is 5.41 Å². The van der Waals surface area contributed by atoms with Crippen molar-refractivity contribution in [3.05, 3.63) is 434 Å². The molecule has 0 fully saturated rings. The number of anilines is 12. The number of rotatable bonds is 10. The third-order valence-electron chi connectivity index (χ3n) is 23.4. The number of benzene rings is 18. The van der Waals surface area contributed by atoms with Gasteiger partial charge < -0.3 is 19.6 Å². The Morgan fingerprint density at radius 2 is 0.528 bits per heavy atom. The van der Waals surface area contributed by atoms with Crippen molar-refractivity contribution in [3.63, 3.8) is 0 Å². The highest BCUT2D eigenvalue weighted by molar-refractivity contribution is 6.15. The fourth-order valence-corrected chi connectivity index (χ4v) is 18.5. The molecule has 0 spiro atoms. The molecule has 0 atom stereocenters. The van der Waals surface area contributed by atoms with Gasteiger partial charge in [0.1, 0.15) is 0 Å². The van der Waals surface area contributed by atoms with Crippen molar-refractivity contribution in [1.29, 1.82) is 0 Å². The second kappa shape index (κ2) is 24.9. The molecule has 2 aliphatic heterocycles. The summed E-state index contributed by atoms with van der Waals surface area (Å²) in [5, 5.41) is 10.00. The van der Waals surface area contributed by atoms with Crippen LogP contribution in [0.15, 0.2) is 400 Å². The molecule has 2 aliphatic carbocycles. The van der Waals surface area contributed by atoms with Crippen molar-refractivity contribution in [2.45, 2.75) is 24.7 Å². The number of nitrogens with zero attached hydrogens (tertiary/aromatic N) is 4. The van der Waals surface area contributed by atoms with Crippen LogP contribution in [0.25, 0.3) is 87.6 Å². The minimum Gasteiger partial charge on any atom is -0.310 e. The van der Waals surface area contributed by atoms with Crippen molar-refractivity contribution >= 4 is 111 Å². The Bertz CT molecular complexity index is 6570. The van der Waals surface area contributed by atoms with Gasteiger partial charge in [0.15, 0.2) is 0 Å². The van der Waals surface area contributed by atoms with Crippen LogP contribution in [0.5, 0.6) is 0 Å². The molecule has 0 saturated carbocycles. The molecular weight excluding hydrogens is 1310 g/mol. The van der Waals surface area contributed by atoms with Crippen molar-refractivity contribution < 1.29 is 0 Å². The van der Waals surface area contributed by atoms with E-state index in [9.17, 15) is 0 Å². The Morgan fingerprint density at radius 3 is 1.02 bits per heavy atom. The molecule has 508 valence electrons. The third kappa shape index (κ3) is 9.77. The molecule has 108 heavy (non-hydrogen) atoms. The summed E-state index contributed by atoms with van der Waals surface area (Å²) >= 11 is 0. The number of hydrogen-bond donors (Lipinski definition) is 0. The van der Waals surface area contributed by atoms with Crippen LogP contribution < -0.4 is 19.6 Å². The van der Waals surface area contributed by atoms with Crippen molar-refractivity contribution in [1.82, 2.24) is 0 Å². The summed E-state index contributed by atoms with van der Waals surface area (Å²) < 4.78 is 0. The second-order valence-corrected chi connectivity index (χ2v) is 29.5. The van der Waals surface area contributed by atoms with Gasteiger partial charge in [0, 0.05) is 72.8 Å². The average molecular weight is 1380 g/mol. The van der Waals surface area contributed by atoms with Crippen molar-refractivity contribution in [2.75, 3.05) is 19.6 Å². The Hall–Kier alpha value is -13.8. The summed E-state index contributed by atoms with van der Waals surface area (Å²) in [4.78, 5) is 9.69. The van der Waals surface area contributed by atoms with E-state index in [2.05, 4.69) is 434 Å². The quantitative estimate of drug-likeness (QED) is 0.135. The first-order valence-electron chi connectivity index (χ1n) is 37.5. The van der Waals surface area contributed by atoms with Gasteiger partial charge in [-0.2, -0.15) is 0 Å². The summed E-state index contributed by atoms with van der Waals surface area (Å²) in [6, 6.07) is 147. The zero-order chi connectivity index (χ0) is 71.6. The van der Waals surface area contributed by atoms with E-state index < -0.39 is 5.41 Å². The van der Waals surface area contributed by atoms with E-state index >= 15 is 0 Å². The maximum atomic E-state index is 2.46. The molecule has 4 nitrogen and oxygen atoms in total. The maximum absolute atomic E-state index is 2.46. The second-order valence-electron chi connectivity index (χ2n) is 29.5. The van der Waals surface area contributed by atoms with E-state index in [1.165, 1.54) is 144 Å². The van der Waals surface area contributed by atoms with Crippen LogP contribution in [0.1, 0.15) is 47.2 Å². The first-order chi connectivity index (χ1) is 53.3. The number of para-hydroxylation sites is 2. The minimum atomic E-state index is -0.498. The van der Waals surface area contributed by atoms with Crippen LogP contribution in [-0.4, -0.2) is 0 Å². The number of hydrogen-bond acceptors (Lipinski definition) is 4. The summed E-state index contributed by atoms with van der Waals surface area (Å²) in [6.07, 6.45) is 0. The predicted molar refractivity (Wildman–Crippen MR) is 454 cm³/mol. The van der Waals surface area contributed by atoms with Gasteiger partial charge in [-0.25, -0.2) is 0 Å². The molecule has 4 heteroatoms. The molecule has 2 heterocycles. The van der Waals surface area contributed by atoms with Crippen LogP contribution >= 0.6 is 0 Å². The van der Waals surface area contributed by atoms with Gasteiger partial charge in [-0.3, -0.25) is 0 Å². The SMILES string of the molecule is CC1(C)c2ccccc2-c2ccc(N(c3ccc(N4c5ccccc5-c5cccc6cccc4c56)cc3)c3ccc4ccccc4c3)cc21.c1ccc(C2(c3ccccc3)c3ccccc3-c3ccc(N(c4ccc(N5c6ccccc6-c6cccc7cccc5c67)cc4)c4ccc5ccccc5c4)cc32)cc1. The Kier molecular flexibility index (Phi) is 14.5. The van der Waals surface area contributed by atoms with Gasteiger partial charge in [0.05, 0.1) is 28.2 Å². The molecule has 18 aromatic rings. The normalized spacial score (nSPS) is 13.4. The summed E-state index contributed by atoms with van der Waals surface area (Å²) in [5.41, 5.74) is 31.4. The van der Waals surface area contributed by atoms with Crippen LogP contribution in [-0.2, 0) is 10.8 Å². The fourth-order valence-electron chi connectivity index (χ4n) is 18.5. The third-order valence-corrected chi connectivity index (χ3v) is 23.4. The summed E-state index contributed by atoms with van der Waals surface area (Å²) in [7, 11) is 0. The maximum Gasteiger partial charge on any atom is 0.0714 e. The highest BCUT2D eigenvalue weighted by Gasteiger charge is 2.47. The Labute approximate surface area is 629 Å². The lowest BCUT2D eigenvalue weighted by Gasteiger charge is -2.35. The lowest BCUT2D eigenvalue weighted by molar-refractivity contribution is 0.660. The lowest BCUT2D eigenvalue weighted by Crippen LogP contribution is -2.28. The largest absolute Gasteiger partial charge is 0.310 e. The van der Waals surface area contributed by atoms with E-state index in [0.717, 1.165) is 45.5 Å². The molecule has 0 unspecified atom stereocenters. The highest BCUT2D eigenvalue weighted by Crippen LogP contribution is 2.59. The van der Waals surface area contributed by atoms with Gasteiger partial charge in [0.25, 0.3) is 0 Å². The van der Waals surface area contributed by atoms with Gasteiger partial charge in [0.2, 0.25) is 0 Å². The first kappa shape index (κ1) is 62.7. The van der Waals surface area contributed by atoms with Crippen LogP contribution in [0.2, 0.25) is 0 Å². The fraction of sp³-hybridized carbons (Fsp3) is 0.0385. The monoisotopic (exact) mass is 1380 g/mol. The van der Waals surface area contributed by atoms with Crippen LogP contribution in [0.4, 0.5) is 68.2 Å². The standard InChI is InChI=1S/C57H38N2.C47H34N2/c1-3-19-42(20-4-1)57(43-21-5-2-6-22-43)52-26-11-9-23-48(52)49-36-35-47(38-53(49)57)58(46-30-29-39-15-7-8-16-41(39)37-46)44-31-33-45(34-32-44)59-54-27-12-10-24-50(54)51-25-13-17-40-18-14-28-55(59)56(40)51;1-47(2)42-18-7-5-15-38(42)39-28-27-37(30-43(39)47)48(36-22-21-31-11-3-4-12-33(31)29-36)34-23-25-35(26-24-34)49-44-19-8-6-16-40(44)41-17-9-13-32-14-10-20-45(49)46(32)41/h1-38H;3-30H,1-2H3. The molecule has 0 radical (unpaired) electrons. The van der Waals surface area contributed by atoms with Gasteiger partial charge in [-0.1, -0.05) is 293 Å². The molecule has 0 N–H and O–H groups in total. The molecule has 0 bridgehead atoms. The van der Waals surface area contributed by atoms with Crippen LogP contribution in [0.3, 0.4) is 0 Å². The molecule has 0 saturated heterocycles. The number of fused-ring (bicyclic) bond motifs is 12.